The van der Waals surface area contributed by atoms with E-state index in [1.165, 1.54) is 0 Å². The fraction of sp³-hybridized carbons (Fsp3) is 0.250. The maximum absolute atomic E-state index is 7.41. The molecule has 3 N–H and O–H groups in total. The molecule has 4 nitrogen and oxygen atoms in total. The van der Waals surface area contributed by atoms with Gasteiger partial charge in [-0.2, -0.15) is 0 Å². The van der Waals surface area contributed by atoms with E-state index in [-0.39, 0.29) is 5.84 Å². The Morgan fingerprint density at radius 1 is 1.20 bits per heavy atom. The summed E-state index contributed by atoms with van der Waals surface area (Å²) in [4.78, 5) is 6.62. The zero-order valence-electron chi connectivity index (χ0n) is 11.7. The van der Waals surface area contributed by atoms with Gasteiger partial charge in [0.25, 0.3) is 0 Å². The van der Waals surface area contributed by atoms with E-state index in [1.54, 1.807) is 6.20 Å². The van der Waals surface area contributed by atoms with Crippen LogP contribution in [0, 0.1) is 5.41 Å². The third kappa shape index (κ3) is 3.35. The summed E-state index contributed by atoms with van der Waals surface area (Å²) in [6, 6.07) is 14.0. The molecule has 1 aromatic carbocycles. The van der Waals surface area contributed by atoms with Gasteiger partial charge in [0.05, 0.1) is 0 Å². The third-order valence-electron chi connectivity index (χ3n) is 3.14. The van der Waals surface area contributed by atoms with Crippen LogP contribution in [0.15, 0.2) is 48.7 Å². The molecule has 0 spiro atoms. The number of anilines is 2. The summed E-state index contributed by atoms with van der Waals surface area (Å²) in [6.07, 6.45) is 3.89. The molecule has 0 radical (unpaired) electrons. The van der Waals surface area contributed by atoms with Gasteiger partial charge in [0.1, 0.15) is 11.7 Å². The predicted molar refractivity (Wildman–Crippen MR) is 83.6 cm³/mol. The number of para-hydroxylation sites is 1. The number of hydrogen-bond donors (Lipinski definition) is 2. The van der Waals surface area contributed by atoms with E-state index in [2.05, 4.69) is 28.9 Å². The highest BCUT2D eigenvalue weighted by Crippen LogP contribution is 2.23. The number of nitrogens with zero attached hydrogens (tertiary/aromatic N) is 2. The highest BCUT2D eigenvalue weighted by atomic mass is 15.2. The number of unbranched alkanes of at least 4 members (excludes halogenated alkanes) is 1. The van der Waals surface area contributed by atoms with E-state index in [1.807, 2.05) is 30.3 Å². The van der Waals surface area contributed by atoms with Gasteiger partial charge >= 0.3 is 0 Å². The molecule has 1 aromatic heterocycles. The number of amidine groups is 1. The van der Waals surface area contributed by atoms with Crippen molar-refractivity contribution in [2.24, 2.45) is 5.73 Å². The summed E-state index contributed by atoms with van der Waals surface area (Å²) in [6.45, 7) is 3.10. The van der Waals surface area contributed by atoms with Crippen molar-refractivity contribution in [2.75, 3.05) is 11.4 Å². The van der Waals surface area contributed by atoms with Crippen molar-refractivity contribution in [3.8, 4) is 0 Å². The van der Waals surface area contributed by atoms with E-state index in [9.17, 15) is 0 Å². The standard InChI is InChI=1S/C16H20N4/c1-2-3-11-20(14-7-5-4-6-8-14)15-10-9-13(12-19-15)16(17)18/h4-10,12H,2-3,11H2,1H3,(H3,17,18). The number of nitrogens with one attached hydrogen (secondary N) is 1. The van der Waals surface area contributed by atoms with Gasteiger partial charge < -0.3 is 10.6 Å². The summed E-state index contributed by atoms with van der Waals surface area (Å²) in [5.41, 5.74) is 7.24. The highest BCUT2D eigenvalue weighted by molar-refractivity contribution is 5.94. The first kappa shape index (κ1) is 14.1. The van der Waals surface area contributed by atoms with Crippen LogP contribution in [0.25, 0.3) is 0 Å². The lowest BCUT2D eigenvalue weighted by Crippen LogP contribution is -2.20. The number of aromatic nitrogens is 1. The smallest absolute Gasteiger partial charge is 0.132 e. The zero-order chi connectivity index (χ0) is 14.4. The molecule has 0 atom stereocenters. The van der Waals surface area contributed by atoms with Gasteiger partial charge in [-0.05, 0) is 30.7 Å². The van der Waals surface area contributed by atoms with Crippen LogP contribution in [0.5, 0.6) is 0 Å². The van der Waals surface area contributed by atoms with Crippen molar-refractivity contribution in [2.45, 2.75) is 19.8 Å². The largest absolute Gasteiger partial charge is 0.384 e. The number of rotatable bonds is 6. The second-order valence-electron chi connectivity index (χ2n) is 4.66. The topological polar surface area (TPSA) is 66.0 Å². The molecule has 0 aliphatic heterocycles. The Morgan fingerprint density at radius 3 is 2.50 bits per heavy atom. The van der Waals surface area contributed by atoms with Gasteiger partial charge in [-0.15, -0.1) is 0 Å². The molecule has 0 saturated carbocycles. The zero-order valence-corrected chi connectivity index (χ0v) is 11.7. The number of pyridine rings is 1. The monoisotopic (exact) mass is 268 g/mol. The number of nitrogen functional groups attached to an aromatic ring is 1. The summed E-state index contributed by atoms with van der Waals surface area (Å²) in [5.74, 6) is 0.929. The Bertz CT molecular complexity index is 548. The Morgan fingerprint density at radius 2 is 1.95 bits per heavy atom. The van der Waals surface area contributed by atoms with Crippen LogP contribution >= 0.6 is 0 Å². The van der Waals surface area contributed by atoms with Gasteiger partial charge in [-0.25, -0.2) is 4.98 Å². The van der Waals surface area contributed by atoms with Crippen molar-refractivity contribution in [3.05, 3.63) is 54.2 Å². The van der Waals surface area contributed by atoms with Gasteiger partial charge in [0.15, 0.2) is 0 Å². The molecule has 20 heavy (non-hydrogen) atoms. The van der Waals surface area contributed by atoms with E-state index in [0.717, 1.165) is 30.9 Å². The first-order valence-corrected chi connectivity index (χ1v) is 6.85. The minimum Gasteiger partial charge on any atom is -0.384 e. The maximum Gasteiger partial charge on any atom is 0.132 e. The molecule has 1 heterocycles. The van der Waals surface area contributed by atoms with Crippen molar-refractivity contribution >= 4 is 17.3 Å². The van der Waals surface area contributed by atoms with Crippen molar-refractivity contribution in [1.29, 1.82) is 5.41 Å². The Balaban J connectivity index is 2.28. The number of nitrogens with two attached hydrogens (primary N) is 1. The van der Waals surface area contributed by atoms with Crippen LogP contribution in [-0.4, -0.2) is 17.4 Å². The lowest BCUT2D eigenvalue weighted by molar-refractivity contribution is 0.779. The lowest BCUT2D eigenvalue weighted by atomic mass is 10.2. The van der Waals surface area contributed by atoms with Gasteiger partial charge in [0, 0.05) is 24.0 Å². The lowest BCUT2D eigenvalue weighted by Gasteiger charge is -2.23. The predicted octanol–water partition coefficient (Wildman–Crippen LogP) is 3.30. The normalized spacial score (nSPS) is 10.2. The van der Waals surface area contributed by atoms with Crippen molar-refractivity contribution in [1.82, 2.24) is 4.98 Å². The molecular formula is C16H20N4. The fourth-order valence-electron chi connectivity index (χ4n) is 2.01. The minimum atomic E-state index is 0.0452. The summed E-state index contributed by atoms with van der Waals surface area (Å²) in [5, 5.41) is 7.41. The molecule has 0 amide bonds. The summed E-state index contributed by atoms with van der Waals surface area (Å²) >= 11 is 0. The van der Waals surface area contributed by atoms with Crippen molar-refractivity contribution in [3.63, 3.8) is 0 Å². The van der Waals surface area contributed by atoms with E-state index in [4.69, 9.17) is 11.1 Å². The van der Waals surface area contributed by atoms with Crippen LogP contribution in [0.1, 0.15) is 25.3 Å². The number of benzene rings is 1. The summed E-state index contributed by atoms with van der Waals surface area (Å²) in [7, 11) is 0. The minimum absolute atomic E-state index is 0.0452. The summed E-state index contributed by atoms with van der Waals surface area (Å²) < 4.78 is 0. The van der Waals surface area contributed by atoms with E-state index < -0.39 is 0 Å². The quantitative estimate of drug-likeness (QED) is 0.624. The van der Waals surface area contributed by atoms with Crippen molar-refractivity contribution < 1.29 is 0 Å². The third-order valence-corrected chi connectivity index (χ3v) is 3.14. The first-order valence-electron chi connectivity index (χ1n) is 6.85. The fourth-order valence-corrected chi connectivity index (χ4v) is 2.01. The molecule has 4 heteroatoms. The molecule has 2 aromatic rings. The second-order valence-corrected chi connectivity index (χ2v) is 4.66. The van der Waals surface area contributed by atoms with Gasteiger partial charge in [-0.1, -0.05) is 31.5 Å². The average Bonchev–Trinajstić information content (AvgIpc) is 2.49. The average molecular weight is 268 g/mol. The molecule has 2 rings (SSSR count). The number of hydrogen-bond acceptors (Lipinski definition) is 3. The highest BCUT2D eigenvalue weighted by Gasteiger charge is 2.10. The van der Waals surface area contributed by atoms with Gasteiger partial charge in [0.2, 0.25) is 0 Å². The molecular weight excluding hydrogens is 248 g/mol. The van der Waals surface area contributed by atoms with Gasteiger partial charge in [-0.3, -0.25) is 5.41 Å². The van der Waals surface area contributed by atoms with E-state index in [0.29, 0.717) is 5.56 Å². The second kappa shape index (κ2) is 6.70. The molecule has 0 unspecified atom stereocenters. The van der Waals surface area contributed by atoms with Crippen LogP contribution in [0.2, 0.25) is 0 Å². The molecule has 0 fully saturated rings. The molecule has 0 aliphatic rings. The Hall–Kier alpha value is -2.36. The Kier molecular flexibility index (Phi) is 4.71. The maximum atomic E-state index is 7.41. The Labute approximate surface area is 119 Å². The SMILES string of the molecule is CCCCN(c1ccccc1)c1ccc(C(=N)N)cn1. The first-order chi connectivity index (χ1) is 9.72. The molecule has 104 valence electrons. The van der Waals surface area contributed by atoms with Crippen LogP contribution in [-0.2, 0) is 0 Å². The molecule has 0 saturated heterocycles. The molecule has 0 aliphatic carbocycles. The van der Waals surface area contributed by atoms with Crippen LogP contribution < -0.4 is 10.6 Å². The van der Waals surface area contributed by atoms with Crippen LogP contribution in [0.3, 0.4) is 0 Å². The molecule has 0 bridgehead atoms. The van der Waals surface area contributed by atoms with E-state index >= 15 is 0 Å². The van der Waals surface area contributed by atoms with Crippen LogP contribution in [0.4, 0.5) is 11.5 Å².